The molecule has 0 aromatic rings. The number of rotatable bonds is 9. The Labute approximate surface area is 168 Å². The van der Waals surface area contributed by atoms with Crippen molar-refractivity contribution in [1.82, 2.24) is 0 Å². The van der Waals surface area contributed by atoms with Crippen LogP contribution < -0.4 is 5.73 Å². The fourth-order valence-corrected chi connectivity index (χ4v) is 4.97. The van der Waals surface area contributed by atoms with Crippen LogP contribution in [0.5, 0.6) is 0 Å². The second-order valence-electron chi connectivity index (χ2n) is 8.22. The van der Waals surface area contributed by atoms with Crippen molar-refractivity contribution in [3.63, 3.8) is 0 Å². The Morgan fingerprint density at radius 1 is 0.750 bits per heavy atom. The zero-order chi connectivity index (χ0) is 20.8. The van der Waals surface area contributed by atoms with Crippen LogP contribution in [0.15, 0.2) is 0 Å². The molecule has 0 spiro atoms. The van der Waals surface area contributed by atoms with E-state index in [1.54, 1.807) is 35.5 Å². The summed E-state index contributed by atoms with van der Waals surface area (Å²) in [6.45, 7) is 0. The minimum Gasteiger partial charge on any atom is -0.393 e. The molecule has 6 atom stereocenters. The number of ether oxygens (including phenoxy) is 5. The predicted molar refractivity (Wildman–Crippen MR) is 104 cm³/mol. The molecule has 0 aromatic carbocycles. The molecule has 4 N–H and O–H groups in total. The van der Waals surface area contributed by atoms with Crippen LogP contribution >= 0.6 is 0 Å². The van der Waals surface area contributed by atoms with E-state index in [0.717, 1.165) is 12.8 Å². The third kappa shape index (κ3) is 5.43. The molecule has 166 valence electrons. The SMILES string of the molecule is COC1CC(C(O)CC(N)C2CC(OC)C(OC)C(OC)C2)CC(OC)C1O. The van der Waals surface area contributed by atoms with E-state index in [4.69, 9.17) is 29.4 Å². The van der Waals surface area contributed by atoms with Crippen LogP contribution in [0.25, 0.3) is 0 Å². The summed E-state index contributed by atoms with van der Waals surface area (Å²) < 4.78 is 27.6. The van der Waals surface area contributed by atoms with Gasteiger partial charge >= 0.3 is 0 Å². The summed E-state index contributed by atoms with van der Waals surface area (Å²) in [4.78, 5) is 0. The molecular formula is C20H39NO7. The Kier molecular flexibility index (Phi) is 9.56. The summed E-state index contributed by atoms with van der Waals surface area (Å²) in [5, 5.41) is 21.2. The van der Waals surface area contributed by atoms with Gasteiger partial charge in [0.1, 0.15) is 12.2 Å². The Bertz CT molecular complexity index is 426. The summed E-state index contributed by atoms with van der Waals surface area (Å²) in [7, 11) is 8.17. The van der Waals surface area contributed by atoms with Crippen LogP contribution in [0, 0.1) is 11.8 Å². The molecule has 0 saturated heterocycles. The first kappa shape index (κ1) is 24.0. The average molecular weight is 406 g/mol. The molecule has 2 saturated carbocycles. The monoisotopic (exact) mass is 405 g/mol. The number of aliphatic hydroxyl groups excluding tert-OH is 2. The second-order valence-corrected chi connectivity index (χ2v) is 8.22. The van der Waals surface area contributed by atoms with Gasteiger partial charge in [0.15, 0.2) is 0 Å². The molecule has 2 rings (SSSR count). The maximum atomic E-state index is 10.9. The van der Waals surface area contributed by atoms with Crippen molar-refractivity contribution in [3.05, 3.63) is 0 Å². The Morgan fingerprint density at radius 2 is 1.18 bits per heavy atom. The van der Waals surface area contributed by atoms with Crippen molar-refractivity contribution in [3.8, 4) is 0 Å². The summed E-state index contributed by atoms with van der Waals surface area (Å²) in [5.74, 6) is 0.137. The van der Waals surface area contributed by atoms with Gasteiger partial charge in [0.2, 0.25) is 0 Å². The lowest BCUT2D eigenvalue weighted by Gasteiger charge is -2.43. The van der Waals surface area contributed by atoms with Gasteiger partial charge in [0, 0.05) is 41.6 Å². The van der Waals surface area contributed by atoms with Gasteiger partial charge in [-0.25, -0.2) is 0 Å². The number of hydrogen-bond donors (Lipinski definition) is 3. The van der Waals surface area contributed by atoms with Gasteiger partial charge in [-0.2, -0.15) is 0 Å². The minimum atomic E-state index is -0.679. The van der Waals surface area contributed by atoms with E-state index in [1.807, 2.05) is 0 Å². The maximum absolute atomic E-state index is 10.9. The normalized spacial score (nSPS) is 41.6. The standard InChI is InChI=1S/C20H39NO7/c1-24-15-8-12(9-16(25-2)19(15)23)14(22)10-13(21)11-6-17(26-3)20(28-5)18(7-11)27-4/h11-20,22-23H,6-10,21H2,1-5H3. The lowest BCUT2D eigenvalue weighted by molar-refractivity contribution is -0.147. The van der Waals surface area contributed by atoms with Crippen LogP contribution in [-0.2, 0) is 23.7 Å². The Morgan fingerprint density at radius 3 is 1.57 bits per heavy atom. The van der Waals surface area contributed by atoms with Crippen molar-refractivity contribution >= 4 is 0 Å². The average Bonchev–Trinajstić information content (AvgIpc) is 2.72. The summed E-state index contributed by atoms with van der Waals surface area (Å²) in [6.07, 6.45) is 0.949. The third-order valence-electron chi connectivity index (χ3n) is 6.78. The van der Waals surface area contributed by atoms with Gasteiger partial charge in [0.25, 0.3) is 0 Å². The van der Waals surface area contributed by atoms with E-state index in [-0.39, 0.29) is 48.4 Å². The van der Waals surface area contributed by atoms with Crippen LogP contribution in [0.4, 0.5) is 0 Å². The number of nitrogens with two attached hydrogens (primary N) is 1. The molecule has 6 unspecified atom stereocenters. The lowest BCUT2D eigenvalue weighted by Crippen LogP contribution is -2.52. The largest absolute Gasteiger partial charge is 0.393 e. The highest BCUT2D eigenvalue weighted by molar-refractivity contribution is 4.95. The fraction of sp³-hybridized carbons (Fsp3) is 1.00. The predicted octanol–water partition coefficient (Wildman–Crippen LogP) is 0.321. The van der Waals surface area contributed by atoms with Crippen LogP contribution in [-0.4, -0.2) is 94.5 Å². The molecule has 2 aliphatic rings. The molecule has 0 heterocycles. The number of hydrogen-bond acceptors (Lipinski definition) is 8. The second kappa shape index (κ2) is 11.2. The summed E-state index contributed by atoms with van der Waals surface area (Å²) in [5.41, 5.74) is 6.51. The summed E-state index contributed by atoms with van der Waals surface area (Å²) in [6, 6.07) is -0.183. The summed E-state index contributed by atoms with van der Waals surface area (Å²) >= 11 is 0. The van der Waals surface area contributed by atoms with Gasteiger partial charge < -0.3 is 39.6 Å². The van der Waals surface area contributed by atoms with Gasteiger partial charge in [-0.1, -0.05) is 0 Å². The molecule has 28 heavy (non-hydrogen) atoms. The highest BCUT2D eigenvalue weighted by Gasteiger charge is 2.43. The smallest absolute Gasteiger partial charge is 0.109 e. The molecule has 0 aromatic heterocycles. The van der Waals surface area contributed by atoms with E-state index in [2.05, 4.69) is 0 Å². The van der Waals surface area contributed by atoms with Crippen molar-refractivity contribution < 1.29 is 33.9 Å². The van der Waals surface area contributed by atoms with Crippen molar-refractivity contribution in [1.29, 1.82) is 0 Å². The van der Waals surface area contributed by atoms with Gasteiger partial charge in [-0.3, -0.25) is 0 Å². The molecule has 8 nitrogen and oxygen atoms in total. The molecule has 0 bridgehead atoms. The minimum absolute atomic E-state index is 0.0314. The van der Waals surface area contributed by atoms with E-state index >= 15 is 0 Å². The zero-order valence-corrected chi connectivity index (χ0v) is 17.8. The molecule has 2 fully saturated rings. The molecule has 8 heteroatoms. The van der Waals surface area contributed by atoms with E-state index in [9.17, 15) is 10.2 Å². The maximum Gasteiger partial charge on any atom is 0.109 e. The highest BCUT2D eigenvalue weighted by atomic mass is 16.6. The molecular weight excluding hydrogens is 366 g/mol. The van der Waals surface area contributed by atoms with Crippen molar-refractivity contribution in [2.24, 2.45) is 17.6 Å². The van der Waals surface area contributed by atoms with E-state index < -0.39 is 12.2 Å². The van der Waals surface area contributed by atoms with Crippen molar-refractivity contribution in [2.75, 3.05) is 35.5 Å². The Hall–Kier alpha value is -0.320. The fourth-order valence-electron chi connectivity index (χ4n) is 4.97. The van der Waals surface area contributed by atoms with Crippen LogP contribution in [0.2, 0.25) is 0 Å². The van der Waals surface area contributed by atoms with Crippen molar-refractivity contribution in [2.45, 2.75) is 80.9 Å². The van der Waals surface area contributed by atoms with Gasteiger partial charge in [0.05, 0.1) is 30.5 Å². The first-order valence-corrected chi connectivity index (χ1v) is 10.2. The third-order valence-corrected chi connectivity index (χ3v) is 6.78. The molecule has 0 aliphatic heterocycles. The van der Waals surface area contributed by atoms with Gasteiger partial charge in [-0.05, 0) is 43.9 Å². The highest BCUT2D eigenvalue weighted by Crippen LogP contribution is 2.36. The van der Waals surface area contributed by atoms with Gasteiger partial charge in [-0.15, -0.1) is 0 Å². The van der Waals surface area contributed by atoms with Crippen LogP contribution in [0.1, 0.15) is 32.1 Å². The quantitative estimate of drug-likeness (QED) is 0.503. The molecule has 0 radical (unpaired) electrons. The van der Waals surface area contributed by atoms with E-state index in [0.29, 0.717) is 19.3 Å². The lowest BCUT2D eigenvalue weighted by atomic mass is 9.74. The topological polar surface area (TPSA) is 113 Å². The first-order valence-electron chi connectivity index (χ1n) is 10.2. The molecule has 0 amide bonds. The number of methoxy groups -OCH3 is 5. The van der Waals surface area contributed by atoms with Crippen LogP contribution in [0.3, 0.4) is 0 Å². The van der Waals surface area contributed by atoms with E-state index in [1.165, 1.54) is 0 Å². The number of aliphatic hydroxyl groups is 2. The first-order chi connectivity index (χ1) is 13.4. The Balaban J connectivity index is 1.98. The molecule has 2 aliphatic carbocycles. The zero-order valence-electron chi connectivity index (χ0n) is 17.8.